The molecule has 0 amide bonds. The number of nitrogens with zero attached hydrogens (tertiary/aromatic N) is 4. The van der Waals surface area contributed by atoms with Crippen molar-refractivity contribution in [2.75, 3.05) is 31.5 Å². The highest BCUT2D eigenvalue weighted by Crippen LogP contribution is 2.24. The number of rotatable bonds is 8. The van der Waals surface area contributed by atoms with Crippen LogP contribution in [0, 0.1) is 13.8 Å². The number of para-hydroxylation sites is 2. The minimum absolute atomic E-state index is 0.437. The predicted octanol–water partition coefficient (Wildman–Crippen LogP) is 6.15. The van der Waals surface area contributed by atoms with E-state index in [-0.39, 0.29) is 0 Å². The van der Waals surface area contributed by atoms with E-state index in [9.17, 15) is 0 Å². The lowest BCUT2D eigenvalue weighted by Gasteiger charge is -2.32. The third-order valence-electron chi connectivity index (χ3n) is 6.08. The molecule has 0 spiro atoms. The number of anilines is 1. The molecule has 4 rings (SSSR count). The van der Waals surface area contributed by atoms with Crippen LogP contribution in [-0.4, -0.2) is 51.7 Å². The van der Waals surface area contributed by atoms with Crippen molar-refractivity contribution in [3.05, 3.63) is 65.6 Å². The first kappa shape index (κ1) is 28.4. The number of allylic oxidation sites excluding steroid dienone is 1. The summed E-state index contributed by atoms with van der Waals surface area (Å²) in [7, 11) is 0. The summed E-state index contributed by atoms with van der Waals surface area (Å²) in [4.78, 5) is 12.3. The van der Waals surface area contributed by atoms with Gasteiger partial charge in [0.1, 0.15) is 0 Å². The molecule has 3 heterocycles. The quantitative estimate of drug-likeness (QED) is 0.407. The highest BCUT2D eigenvalue weighted by Gasteiger charge is 2.21. The Kier molecular flexibility index (Phi) is 11.8. The number of likely N-dealkylation sites (tertiary alicyclic amines) is 1. The lowest BCUT2D eigenvalue weighted by atomic mass is 10.1. The van der Waals surface area contributed by atoms with E-state index in [1.807, 2.05) is 41.5 Å². The van der Waals surface area contributed by atoms with Crippen molar-refractivity contribution >= 4 is 17.0 Å². The molecule has 3 aromatic rings. The SMILES string of the molecule is C=C(C)NCCN1CCC(Nc2nc3ccccc3n2Cc2nc(C)ccc2C)CC1.CC.CC. The van der Waals surface area contributed by atoms with Crippen molar-refractivity contribution in [3.63, 3.8) is 0 Å². The number of aromatic nitrogens is 3. The van der Waals surface area contributed by atoms with E-state index < -0.39 is 0 Å². The summed E-state index contributed by atoms with van der Waals surface area (Å²) in [5, 5.41) is 7.08. The Morgan fingerprint density at radius 3 is 2.37 bits per heavy atom. The van der Waals surface area contributed by atoms with Gasteiger partial charge in [0.05, 0.1) is 23.3 Å². The molecular weight excluding hydrogens is 432 g/mol. The van der Waals surface area contributed by atoms with Crippen LogP contribution in [0.25, 0.3) is 11.0 Å². The first-order chi connectivity index (χ1) is 17.0. The van der Waals surface area contributed by atoms with Gasteiger partial charge in [0.15, 0.2) is 0 Å². The Hall–Kier alpha value is -2.86. The fourth-order valence-corrected chi connectivity index (χ4v) is 4.25. The van der Waals surface area contributed by atoms with E-state index in [1.54, 1.807) is 0 Å². The Labute approximate surface area is 212 Å². The second-order valence-corrected chi connectivity index (χ2v) is 8.69. The zero-order valence-corrected chi connectivity index (χ0v) is 23.0. The highest BCUT2D eigenvalue weighted by atomic mass is 15.2. The van der Waals surface area contributed by atoms with Gasteiger partial charge < -0.3 is 20.1 Å². The van der Waals surface area contributed by atoms with Gasteiger partial charge in [0, 0.05) is 43.6 Å². The Morgan fingerprint density at radius 1 is 1.00 bits per heavy atom. The molecule has 6 heteroatoms. The first-order valence-corrected chi connectivity index (χ1v) is 13.3. The highest BCUT2D eigenvalue weighted by molar-refractivity contribution is 5.78. The van der Waals surface area contributed by atoms with Crippen molar-refractivity contribution in [1.82, 2.24) is 24.8 Å². The molecule has 1 aliphatic rings. The molecular formula is C29H46N6. The summed E-state index contributed by atoms with van der Waals surface area (Å²) in [6.07, 6.45) is 2.25. The van der Waals surface area contributed by atoms with Gasteiger partial charge in [-0.15, -0.1) is 0 Å². The summed E-state index contributed by atoms with van der Waals surface area (Å²) in [5.74, 6) is 0.950. The van der Waals surface area contributed by atoms with Gasteiger partial charge in [0.25, 0.3) is 0 Å². The number of imidazole rings is 1. The van der Waals surface area contributed by atoms with E-state index in [1.165, 1.54) is 5.56 Å². The van der Waals surface area contributed by atoms with Gasteiger partial charge in [-0.2, -0.15) is 0 Å². The summed E-state index contributed by atoms with van der Waals surface area (Å²) >= 11 is 0. The normalized spacial score (nSPS) is 13.9. The van der Waals surface area contributed by atoms with Gasteiger partial charge in [0.2, 0.25) is 5.95 Å². The number of fused-ring (bicyclic) bond motifs is 1. The maximum Gasteiger partial charge on any atom is 0.204 e. The van der Waals surface area contributed by atoms with E-state index in [0.717, 1.165) is 79.6 Å². The van der Waals surface area contributed by atoms with Gasteiger partial charge >= 0.3 is 0 Å². The monoisotopic (exact) mass is 478 g/mol. The van der Waals surface area contributed by atoms with Crippen LogP contribution in [0.2, 0.25) is 0 Å². The van der Waals surface area contributed by atoms with E-state index in [2.05, 4.69) is 70.0 Å². The minimum Gasteiger partial charge on any atom is -0.388 e. The number of aryl methyl sites for hydroxylation is 2. The fourth-order valence-electron chi connectivity index (χ4n) is 4.25. The molecule has 2 N–H and O–H groups in total. The van der Waals surface area contributed by atoms with Crippen molar-refractivity contribution in [2.45, 2.75) is 73.9 Å². The predicted molar refractivity (Wildman–Crippen MR) is 151 cm³/mol. The number of nitrogens with one attached hydrogen (secondary N) is 2. The van der Waals surface area contributed by atoms with Gasteiger partial charge in [-0.1, -0.05) is 52.5 Å². The fraction of sp³-hybridized carbons (Fsp3) is 0.517. The smallest absolute Gasteiger partial charge is 0.204 e. The third-order valence-corrected chi connectivity index (χ3v) is 6.08. The molecule has 0 aliphatic carbocycles. The molecule has 1 fully saturated rings. The Balaban J connectivity index is 0.00000103. The Bertz CT molecular complexity index is 1050. The number of pyridine rings is 1. The van der Waals surface area contributed by atoms with Crippen LogP contribution in [0.1, 0.15) is 64.4 Å². The van der Waals surface area contributed by atoms with Crippen LogP contribution >= 0.6 is 0 Å². The average Bonchev–Trinajstić information content (AvgIpc) is 3.21. The lowest BCUT2D eigenvalue weighted by Crippen LogP contribution is -2.42. The largest absolute Gasteiger partial charge is 0.388 e. The molecule has 192 valence electrons. The summed E-state index contributed by atoms with van der Waals surface area (Å²) in [6.45, 7) is 23.1. The molecule has 1 saturated heterocycles. The standard InChI is InChI=1S/C25H34N6.2C2H6/c1-18(2)26-13-16-30-14-11-21(12-15-30)28-25-29-22-7-5-6-8-24(22)31(25)17-23-19(3)9-10-20(4)27-23;2*1-2/h5-10,21,26H,1,11-17H2,2-4H3,(H,28,29);2*1-2H3. The van der Waals surface area contributed by atoms with Gasteiger partial charge in [-0.05, 0) is 57.4 Å². The molecule has 1 aromatic carbocycles. The van der Waals surface area contributed by atoms with Gasteiger partial charge in [-0.3, -0.25) is 4.98 Å². The van der Waals surface area contributed by atoms with Gasteiger partial charge in [-0.25, -0.2) is 4.98 Å². The maximum atomic E-state index is 4.93. The zero-order chi connectivity index (χ0) is 25.8. The number of hydrogen-bond acceptors (Lipinski definition) is 5. The molecule has 0 atom stereocenters. The zero-order valence-electron chi connectivity index (χ0n) is 23.0. The lowest BCUT2D eigenvalue weighted by molar-refractivity contribution is 0.220. The number of hydrogen-bond donors (Lipinski definition) is 2. The minimum atomic E-state index is 0.437. The van der Waals surface area contributed by atoms with Crippen LogP contribution in [-0.2, 0) is 6.54 Å². The number of benzene rings is 1. The molecule has 2 aromatic heterocycles. The molecule has 0 saturated carbocycles. The third kappa shape index (κ3) is 8.10. The van der Waals surface area contributed by atoms with E-state index in [0.29, 0.717) is 6.04 Å². The average molecular weight is 479 g/mol. The molecule has 0 bridgehead atoms. The first-order valence-electron chi connectivity index (χ1n) is 13.3. The summed E-state index contributed by atoms with van der Waals surface area (Å²) < 4.78 is 2.28. The molecule has 0 radical (unpaired) electrons. The maximum absolute atomic E-state index is 4.93. The summed E-state index contributed by atoms with van der Waals surface area (Å²) in [5.41, 5.74) is 6.58. The second-order valence-electron chi connectivity index (χ2n) is 8.69. The Morgan fingerprint density at radius 2 is 1.69 bits per heavy atom. The van der Waals surface area contributed by atoms with E-state index in [4.69, 9.17) is 9.97 Å². The topological polar surface area (TPSA) is 58.0 Å². The molecule has 1 aliphatic heterocycles. The van der Waals surface area contributed by atoms with Crippen LogP contribution in [0.4, 0.5) is 5.95 Å². The second kappa shape index (κ2) is 14.5. The van der Waals surface area contributed by atoms with Crippen LogP contribution in [0.3, 0.4) is 0 Å². The van der Waals surface area contributed by atoms with Crippen LogP contribution < -0.4 is 10.6 Å². The molecule has 0 unspecified atom stereocenters. The summed E-state index contributed by atoms with van der Waals surface area (Å²) in [6, 6.07) is 13.0. The van der Waals surface area contributed by atoms with E-state index >= 15 is 0 Å². The molecule has 35 heavy (non-hydrogen) atoms. The van der Waals surface area contributed by atoms with Crippen molar-refractivity contribution in [3.8, 4) is 0 Å². The molecule has 6 nitrogen and oxygen atoms in total. The van der Waals surface area contributed by atoms with Crippen LogP contribution in [0.5, 0.6) is 0 Å². The number of piperidine rings is 1. The van der Waals surface area contributed by atoms with Crippen molar-refractivity contribution in [1.29, 1.82) is 0 Å². The van der Waals surface area contributed by atoms with Crippen LogP contribution in [0.15, 0.2) is 48.7 Å². The van der Waals surface area contributed by atoms with Crippen molar-refractivity contribution in [2.24, 2.45) is 0 Å². The van der Waals surface area contributed by atoms with Crippen molar-refractivity contribution < 1.29 is 0 Å².